The van der Waals surface area contributed by atoms with Gasteiger partial charge < -0.3 is 14.6 Å². The molecule has 0 saturated carbocycles. The Morgan fingerprint density at radius 2 is 2.57 bits per heavy atom. The molecular weight excluding hydrogens is 182 g/mol. The van der Waals surface area contributed by atoms with Gasteiger partial charge >= 0.3 is 0 Å². The summed E-state index contributed by atoms with van der Waals surface area (Å²) in [7, 11) is 1.62. The van der Waals surface area contributed by atoms with Crippen molar-refractivity contribution >= 4 is 0 Å². The van der Waals surface area contributed by atoms with E-state index in [9.17, 15) is 0 Å². The highest BCUT2D eigenvalue weighted by Crippen LogP contribution is 2.20. The lowest BCUT2D eigenvalue weighted by atomic mass is 9.99. The molecule has 1 aromatic heterocycles. The molecule has 0 amide bonds. The number of hydrogen-bond donors (Lipinski definition) is 1. The molecule has 78 valence electrons. The van der Waals surface area contributed by atoms with Gasteiger partial charge in [0.05, 0.1) is 0 Å². The summed E-state index contributed by atoms with van der Waals surface area (Å²) in [6.45, 7) is 2.44. The van der Waals surface area contributed by atoms with E-state index in [0.717, 1.165) is 25.3 Å². The predicted octanol–water partition coefficient (Wildman–Crippen LogP) is 0.683. The molecule has 1 fully saturated rings. The van der Waals surface area contributed by atoms with Crippen molar-refractivity contribution in [1.82, 2.24) is 15.5 Å². The van der Waals surface area contributed by atoms with Crippen molar-refractivity contribution < 1.29 is 9.26 Å². The molecule has 1 aromatic rings. The Labute approximate surface area is 82.8 Å². The van der Waals surface area contributed by atoms with E-state index in [-0.39, 0.29) is 0 Å². The van der Waals surface area contributed by atoms with E-state index >= 15 is 0 Å². The molecule has 5 nitrogen and oxygen atoms in total. The van der Waals surface area contributed by atoms with Crippen molar-refractivity contribution in [1.29, 1.82) is 0 Å². The number of nitrogens with one attached hydrogen (secondary N) is 1. The number of aromatic nitrogens is 2. The Balaban J connectivity index is 2.00. The first-order chi connectivity index (χ1) is 6.90. The van der Waals surface area contributed by atoms with Gasteiger partial charge in [-0.15, -0.1) is 0 Å². The summed E-state index contributed by atoms with van der Waals surface area (Å²) in [6.07, 6.45) is 2.32. The summed E-state index contributed by atoms with van der Waals surface area (Å²) >= 11 is 0. The second kappa shape index (κ2) is 4.52. The van der Waals surface area contributed by atoms with Crippen LogP contribution in [0.3, 0.4) is 0 Å². The summed E-state index contributed by atoms with van der Waals surface area (Å²) in [5.41, 5.74) is 0. The van der Waals surface area contributed by atoms with Gasteiger partial charge in [0.2, 0.25) is 0 Å². The van der Waals surface area contributed by atoms with Crippen LogP contribution < -0.4 is 5.32 Å². The van der Waals surface area contributed by atoms with Gasteiger partial charge in [-0.3, -0.25) is 0 Å². The topological polar surface area (TPSA) is 60.2 Å². The lowest BCUT2D eigenvalue weighted by Crippen LogP contribution is -2.28. The monoisotopic (exact) mass is 197 g/mol. The fourth-order valence-electron chi connectivity index (χ4n) is 1.69. The fourth-order valence-corrected chi connectivity index (χ4v) is 1.69. The van der Waals surface area contributed by atoms with Crippen LogP contribution in [0.1, 0.15) is 30.5 Å². The zero-order valence-electron chi connectivity index (χ0n) is 8.32. The molecule has 1 atom stereocenters. The standard InChI is InChI=1S/C9H15N3O2/c1-13-6-8-11-9(12-14-8)7-3-2-4-10-5-7/h7,10H,2-6H2,1H3. The molecule has 14 heavy (non-hydrogen) atoms. The smallest absolute Gasteiger partial charge is 0.252 e. The van der Waals surface area contributed by atoms with Gasteiger partial charge in [-0.05, 0) is 19.4 Å². The van der Waals surface area contributed by atoms with Crippen molar-refractivity contribution in [3.63, 3.8) is 0 Å². The highest BCUT2D eigenvalue weighted by Gasteiger charge is 2.20. The summed E-state index contributed by atoms with van der Waals surface area (Å²) in [5.74, 6) is 1.77. The van der Waals surface area contributed by atoms with Crippen molar-refractivity contribution in [2.45, 2.75) is 25.4 Å². The Morgan fingerprint density at radius 1 is 1.64 bits per heavy atom. The SMILES string of the molecule is COCc1nc(C2CCCNC2)no1. The van der Waals surface area contributed by atoms with Crippen LogP contribution in [0.25, 0.3) is 0 Å². The summed E-state index contributed by atoms with van der Waals surface area (Å²) in [5, 5.41) is 7.27. The predicted molar refractivity (Wildman–Crippen MR) is 49.9 cm³/mol. The maximum Gasteiger partial charge on any atom is 0.252 e. The third-order valence-corrected chi connectivity index (χ3v) is 2.41. The minimum atomic E-state index is 0.396. The maximum atomic E-state index is 5.04. The van der Waals surface area contributed by atoms with Gasteiger partial charge in [0, 0.05) is 19.6 Å². The van der Waals surface area contributed by atoms with E-state index in [0.29, 0.717) is 18.4 Å². The number of piperidine rings is 1. The Bertz CT molecular complexity index is 281. The Hall–Kier alpha value is -0.940. The summed E-state index contributed by atoms with van der Waals surface area (Å²) in [6, 6.07) is 0. The minimum Gasteiger partial charge on any atom is -0.375 e. The molecule has 0 radical (unpaired) electrons. The van der Waals surface area contributed by atoms with E-state index in [1.54, 1.807) is 7.11 Å². The number of methoxy groups -OCH3 is 1. The largest absolute Gasteiger partial charge is 0.375 e. The van der Waals surface area contributed by atoms with E-state index in [1.165, 1.54) is 6.42 Å². The van der Waals surface area contributed by atoms with Crippen LogP contribution in [0.5, 0.6) is 0 Å². The van der Waals surface area contributed by atoms with E-state index in [4.69, 9.17) is 9.26 Å². The molecule has 1 N–H and O–H groups in total. The first-order valence-electron chi connectivity index (χ1n) is 4.92. The van der Waals surface area contributed by atoms with Crippen molar-refractivity contribution in [2.24, 2.45) is 0 Å². The van der Waals surface area contributed by atoms with Crippen LogP contribution in [0.2, 0.25) is 0 Å². The average Bonchev–Trinajstić information content (AvgIpc) is 2.68. The molecule has 1 unspecified atom stereocenters. The zero-order chi connectivity index (χ0) is 9.80. The molecule has 2 rings (SSSR count). The molecule has 0 spiro atoms. The van der Waals surface area contributed by atoms with Crippen LogP contribution in [0.15, 0.2) is 4.52 Å². The quantitative estimate of drug-likeness (QED) is 0.772. The van der Waals surface area contributed by atoms with Crippen LogP contribution in [-0.2, 0) is 11.3 Å². The number of rotatable bonds is 3. The number of hydrogen-bond acceptors (Lipinski definition) is 5. The van der Waals surface area contributed by atoms with Gasteiger partial charge in [0.15, 0.2) is 5.82 Å². The van der Waals surface area contributed by atoms with Crippen LogP contribution in [0, 0.1) is 0 Å². The van der Waals surface area contributed by atoms with Gasteiger partial charge in [0.1, 0.15) is 6.61 Å². The first kappa shape index (κ1) is 9.61. The molecule has 1 saturated heterocycles. The van der Waals surface area contributed by atoms with Crippen molar-refractivity contribution in [3.8, 4) is 0 Å². The van der Waals surface area contributed by atoms with Crippen LogP contribution >= 0.6 is 0 Å². The summed E-state index contributed by atoms with van der Waals surface area (Å²) < 4.78 is 9.96. The Morgan fingerprint density at radius 3 is 3.29 bits per heavy atom. The second-order valence-electron chi connectivity index (χ2n) is 3.52. The van der Waals surface area contributed by atoms with Gasteiger partial charge in [0.25, 0.3) is 5.89 Å². The third-order valence-electron chi connectivity index (χ3n) is 2.41. The molecular formula is C9H15N3O2. The van der Waals surface area contributed by atoms with E-state index in [2.05, 4.69) is 15.5 Å². The van der Waals surface area contributed by atoms with Gasteiger partial charge in [-0.2, -0.15) is 4.98 Å². The molecule has 0 aromatic carbocycles. The molecule has 1 aliphatic heterocycles. The van der Waals surface area contributed by atoms with E-state index < -0.39 is 0 Å². The third kappa shape index (κ3) is 2.10. The van der Waals surface area contributed by atoms with Crippen molar-refractivity contribution in [2.75, 3.05) is 20.2 Å². The summed E-state index contributed by atoms with van der Waals surface area (Å²) in [4.78, 5) is 4.28. The number of nitrogens with zero attached hydrogens (tertiary/aromatic N) is 2. The van der Waals surface area contributed by atoms with Crippen LogP contribution in [-0.4, -0.2) is 30.3 Å². The van der Waals surface area contributed by atoms with Crippen molar-refractivity contribution in [3.05, 3.63) is 11.7 Å². The molecule has 0 bridgehead atoms. The molecule has 5 heteroatoms. The maximum absolute atomic E-state index is 5.04. The minimum absolute atomic E-state index is 0.396. The fraction of sp³-hybridized carbons (Fsp3) is 0.778. The Kier molecular flexibility index (Phi) is 3.10. The normalized spacial score (nSPS) is 22.5. The lowest BCUT2D eigenvalue weighted by molar-refractivity contribution is 0.151. The first-order valence-corrected chi connectivity index (χ1v) is 4.92. The van der Waals surface area contributed by atoms with E-state index in [1.807, 2.05) is 0 Å². The molecule has 2 heterocycles. The average molecular weight is 197 g/mol. The zero-order valence-corrected chi connectivity index (χ0v) is 8.32. The molecule has 1 aliphatic rings. The van der Waals surface area contributed by atoms with Crippen LogP contribution in [0.4, 0.5) is 0 Å². The highest BCUT2D eigenvalue weighted by atomic mass is 16.5. The number of ether oxygens (including phenoxy) is 1. The lowest BCUT2D eigenvalue weighted by Gasteiger charge is -2.19. The highest BCUT2D eigenvalue weighted by molar-refractivity contribution is 4.97. The van der Waals surface area contributed by atoms with Gasteiger partial charge in [-0.25, -0.2) is 0 Å². The van der Waals surface area contributed by atoms with Gasteiger partial charge in [-0.1, -0.05) is 5.16 Å². The second-order valence-corrected chi connectivity index (χ2v) is 3.52. The molecule has 0 aliphatic carbocycles.